The number of hydroxylamine groups is 2. The molecular weight excluding hydrogens is 176 g/mol. The summed E-state index contributed by atoms with van der Waals surface area (Å²) in [5.41, 5.74) is 4.16. The van der Waals surface area contributed by atoms with E-state index in [2.05, 4.69) is 4.74 Å². The van der Waals surface area contributed by atoms with E-state index in [1.54, 1.807) is 20.8 Å². The number of hydrogen-bond acceptors (Lipinski definition) is 5. The van der Waals surface area contributed by atoms with Gasteiger partial charge in [0.2, 0.25) is 0 Å². The molecule has 0 bridgehead atoms. The number of carbonyl (C=O) groups excluding carboxylic acids is 2. The van der Waals surface area contributed by atoms with Crippen molar-refractivity contribution in [1.29, 1.82) is 0 Å². The summed E-state index contributed by atoms with van der Waals surface area (Å²) in [5.74, 6) is -0.908. The Labute approximate surface area is 76.2 Å². The molecule has 0 saturated carbocycles. The number of hydrogen-bond donors (Lipinski definition) is 2. The average molecular weight is 190 g/mol. The third kappa shape index (κ3) is 4.44. The SMILES string of the molecule is CC(C)(C)OC(=O)N(O)C(=O)CN. The van der Waals surface area contributed by atoms with Crippen molar-refractivity contribution >= 4 is 12.0 Å². The van der Waals surface area contributed by atoms with Crippen LogP contribution in [0.4, 0.5) is 4.79 Å². The molecule has 0 unspecified atom stereocenters. The second-order valence-corrected chi connectivity index (χ2v) is 3.39. The van der Waals surface area contributed by atoms with Gasteiger partial charge < -0.3 is 10.5 Å². The summed E-state index contributed by atoms with van der Waals surface area (Å²) in [4.78, 5) is 21.6. The van der Waals surface area contributed by atoms with Crippen molar-refractivity contribution in [2.75, 3.05) is 6.54 Å². The lowest BCUT2D eigenvalue weighted by Gasteiger charge is -2.21. The summed E-state index contributed by atoms with van der Waals surface area (Å²) in [6.45, 7) is 4.40. The lowest BCUT2D eigenvalue weighted by atomic mass is 10.2. The molecule has 0 aliphatic carbocycles. The van der Waals surface area contributed by atoms with Crippen LogP contribution in [-0.4, -0.2) is 34.4 Å². The molecule has 0 fully saturated rings. The first-order chi connectivity index (χ1) is 5.78. The van der Waals surface area contributed by atoms with Crippen molar-refractivity contribution in [2.45, 2.75) is 26.4 Å². The molecular formula is C7H14N2O4. The number of rotatable bonds is 1. The smallest absolute Gasteiger partial charge is 0.441 e. The Bertz CT molecular complexity index is 209. The third-order valence-corrected chi connectivity index (χ3v) is 0.977. The van der Waals surface area contributed by atoms with Crippen LogP contribution in [0.15, 0.2) is 0 Å². The predicted octanol–water partition coefficient (Wildman–Crippen LogP) is 0.0980. The number of carbonyl (C=O) groups is 2. The molecule has 6 heteroatoms. The van der Waals surface area contributed by atoms with Gasteiger partial charge in [0, 0.05) is 0 Å². The molecule has 13 heavy (non-hydrogen) atoms. The lowest BCUT2D eigenvalue weighted by Crippen LogP contribution is -2.41. The maximum atomic E-state index is 10.9. The van der Waals surface area contributed by atoms with Gasteiger partial charge >= 0.3 is 6.09 Å². The molecule has 6 nitrogen and oxygen atoms in total. The van der Waals surface area contributed by atoms with Gasteiger partial charge in [0.15, 0.2) is 0 Å². The van der Waals surface area contributed by atoms with E-state index in [-0.39, 0.29) is 5.06 Å². The van der Waals surface area contributed by atoms with Gasteiger partial charge in [-0.25, -0.2) is 4.79 Å². The Kier molecular flexibility index (Phi) is 3.83. The number of nitrogens with two attached hydrogens (primary N) is 1. The summed E-state index contributed by atoms with van der Waals surface area (Å²) < 4.78 is 4.68. The molecule has 0 aromatic heterocycles. The fraction of sp³-hybridized carbons (Fsp3) is 0.714. The molecule has 0 aliphatic heterocycles. The normalized spacial score (nSPS) is 10.8. The standard InChI is InChI=1S/C7H14N2O4/c1-7(2,3)13-6(11)9(12)5(10)4-8/h12H,4,8H2,1-3H3. The van der Waals surface area contributed by atoms with Gasteiger partial charge in [0.1, 0.15) is 5.60 Å². The second kappa shape index (κ2) is 4.20. The molecule has 3 N–H and O–H groups in total. The van der Waals surface area contributed by atoms with Crippen LogP contribution in [0.5, 0.6) is 0 Å². The Balaban J connectivity index is 4.20. The molecule has 0 rings (SSSR count). The van der Waals surface area contributed by atoms with Crippen molar-refractivity contribution < 1.29 is 19.5 Å². The van der Waals surface area contributed by atoms with Gasteiger partial charge in [-0.15, -0.1) is 5.06 Å². The quantitative estimate of drug-likeness (QED) is 0.451. The Morgan fingerprint density at radius 2 is 1.92 bits per heavy atom. The molecule has 0 radical (unpaired) electrons. The van der Waals surface area contributed by atoms with E-state index >= 15 is 0 Å². The lowest BCUT2D eigenvalue weighted by molar-refractivity contribution is -0.158. The van der Waals surface area contributed by atoms with Gasteiger partial charge in [-0.2, -0.15) is 0 Å². The van der Waals surface area contributed by atoms with Crippen molar-refractivity contribution in [3.63, 3.8) is 0 Å². The number of nitrogens with zero attached hydrogens (tertiary/aromatic N) is 1. The van der Waals surface area contributed by atoms with E-state index in [9.17, 15) is 9.59 Å². The molecule has 0 atom stereocenters. The van der Waals surface area contributed by atoms with Crippen LogP contribution < -0.4 is 5.73 Å². The minimum atomic E-state index is -1.12. The minimum Gasteiger partial charge on any atom is -0.442 e. The van der Waals surface area contributed by atoms with E-state index in [0.29, 0.717) is 0 Å². The molecule has 0 aromatic carbocycles. The van der Waals surface area contributed by atoms with Crippen LogP contribution in [0, 0.1) is 0 Å². The summed E-state index contributed by atoms with van der Waals surface area (Å²) in [5, 5.41) is 8.75. The van der Waals surface area contributed by atoms with E-state index < -0.39 is 24.1 Å². The first-order valence-corrected chi connectivity index (χ1v) is 3.73. The van der Waals surface area contributed by atoms with E-state index in [0.717, 1.165) is 0 Å². The van der Waals surface area contributed by atoms with Gasteiger partial charge in [0.05, 0.1) is 6.54 Å². The zero-order valence-corrected chi connectivity index (χ0v) is 7.90. The van der Waals surface area contributed by atoms with Crippen molar-refractivity contribution in [2.24, 2.45) is 5.73 Å². The van der Waals surface area contributed by atoms with E-state index in [1.165, 1.54) is 0 Å². The molecule has 0 heterocycles. The van der Waals surface area contributed by atoms with Crippen LogP contribution in [0.2, 0.25) is 0 Å². The van der Waals surface area contributed by atoms with Crippen LogP contribution in [0.3, 0.4) is 0 Å². The Morgan fingerprint density at radius 1 is 1.46 bits per heavy atom. The average Bonchev–Trinajstić information content (AvgIpc) is 1.98. The molecule has 0 aromatic rings. The number of imide groups is 1. The van der Waals surface area contributed by atoms with Gasteiger partial charge in [0.25, 0.3) is 5.91 Å². The first kappa shape index (κ1) is 11.9. The monoisotopic (exact) mass is 190 g/mol. The van der Waals surface area contributed by atoms with Crippen molar-refractivity contribution in [3.05, 3.63) is 0 Å². The summed E-state index contributed by atoms with van der Waals surface area (Å²) in [6.07, 6.45) is -1.12. The largest absolute Gasteiger partial charge is 0.442 e. The predicted molar refractivity (Wildman–Crippen MR) is 43.9 cm³/mol. The maximum absolute atomic E-state index is 10.9. The third-order valence-electron chi connectivity index (χ3n) is 0.977. The van der Waals surface area contributed by atoms with Crippen LogP contribution in [-0.2, 0) is 9.53 Å². The summed E-state index contributed by atoms with van der Waals surface area (Å²) in [7, 11) is 0. The van der Waals surface area contributed by atoms with Crippen molar-refractivity contribution in [1.82, 2.24) is 5.06 Å². The minimum absolute atomic E-state index is 0.134. The summed E-state index contributed by atoms with van der Waals surface area (Å²) in [6, 6.07) is 0. The van der Waals surface area contributed by atoms with Crippen LogP contribution in [0.1, 0.15) is 20.8 Å². The number of amides is 2. The van der Waals surface area contributed by atoms with Crippen LogP contribution >= 0.6 is 0 Å². The Hall–Kier alpha value is -1.14. The molecule has 0 aliphatic rings. The van der Waals surface area contributed by atoms with Gasteiger partial charge in [-0.1, -0.05) is 0 Å². The van der Waals surface area contributed by atoms with Crippen molar-refractivity contribution in [3.8, 4) is 0 Å². The van der Waals surface area contributed by atoms with Gasteiger partial charge in [-0.05, 0) is 20.8 Å². The van der Waals surface area contributed by atoms with Crippen LogP contribution in [0.25, 0.3) is 0 Å². The Morgan fingerprint density at radius 3 is 2.23 bits per heavy atom. The maximum Gasteiger partial charge on any atom is 0.441 e. The highest BCUT2D eigenvalue weighted by molar-refractivity contribution is 5.91. The molecule has 76 valence electrons. The summed E-state index contributed by atoms with van der Waals surface area (Å²) >= 11 is 0. The zero-order valence-electron chi connectivity index (χ0n) is 7.90. The second-order valence-electron chi connectivity index (χ2n) is 3.39. The fourth-order valence-electron chi connectivity index (χ4n) is 0.493. The van der Waals surface area contributed by atoms with Gasteiger partial charge in [-0.3, -0.25) is 10.0 Å². The highest BCUT2D eigenvalue weighted by Crippen LogP contribution is 2.08. The highest BCUT2D eigenvalue weighted by Gasteiger charge is 2.24. The highest BCUT2D eigenvalue weighted by atomic mass is 16.6. The van der Waals surface area contributed by atoms with E-state index in [4.69, 9.17) is 10.9 Å². The topological polar surface area (TPSA) is 92.9 Å². The number of ether oxygens (including phenoxy) is 1. The molecule has 2 amide bonds. The van der Waals surface area contributed by atoms with E-state index in [1.807, 2.05) is 0 Å². The zero-order chi connectivity index (χ0) is 10.6. The fourth-order valence-corrected chi connectivity index (χ4v) is 0.493. The first-order valence-electron chi connectivity index (χ1n) is 3.73. The molecule has 0 spiro atoms. The molecule has 0 saturated heterocycles.